The first kappa shape index (κ1) is 17.0. The van der Waals surface area contributed by atoms with Gasteiger partial charge in [0.15, 0.2) is 0 Å². The summed E-state index contributed by atoms with van der Waals surface area (Å²) in [5.41, 5.74) is 1.08. The van der Waals surface area contributed by atoms with Crippen molar-refractivity contribution in [3.63, 3.8) is 0 Å². The topological polar surface area (TPSA) is 55.4 Å². The van der Waals surface area contributed by atoms with Gasteiger partial charge in [-0.2, -0.15) is 0 Å². The zero-order chi connectivity index (χ0) is 16.7. The summed E-state index contributed by atoms with van der Waals surface area (Å²) < 4.78 is 5.20. The number of carbonyl (C=O) groups excluding carboxylic acids is 2. The number of esters is 1. The number of carbonyl (C=O) groups is 2. The van der Waals surface area contributed by atoms with Crippen molar-refractivity contribution in [2.45, 2.75) is 19.8 Å². The Morgan fingerprint density at radius 1 is 1.04 bits per heavy atom. The average molecular weight is 332 g/mol. The lowest BCUT2D eigenvalue weighted by molar-refractivity contribution is 0.0501. The van der Waals surface area contributed by atoms with E-state index in [0.29, 0.717) is 28.4 Å². The molecule has 0 fully saturated rings. The van der Waals surface area contributed by atoms with Crippen molar-refractivity contribution in [2.75, 3.05) is 11.9 Å². The van der Waals surface area contributed by atoms with Crippen molar-refractivity contribution in [1.82, 2.24) is 0 Å². The number of hydrogen-bond donors (Lipinski definition) is 1. The Hall–Kier alpha value is -2.33. The Balaban J connectivity index is 2.16. The predicted octanol–water partition coefficient (Wildman–Crippen LogP) is 4.55. The number of unbranched alkanes of at least 4 members (excludes halogenated alkanes) is 1. The summed E-state index contributed by atoms with van der Waals surface area (Å²) in [5, 5.41) is 3.07. The number of para-hydroxylation sites is 1. The van der Waals surface area contributed by atoms with Crippen LogP contribution >= 0.6 is 11.6 Å². The van der Waals surface area contributed by atoms with Crippen LogP contribution in [0.3, 0.4) is 0 Å². The fraction of sp³-hybridized carbons (Fsp3) is 0.222. The molecule has 0 saturated heterocycles. The van der Waals surface area contributed by atoms with Gasteiger partial charge in [-0.1, -0.05) is 49.2 Å². The van der Waals surface area contributed by atoms with E-state index in [-0.39, 0.29) is 5.91 Å². The van der Waals surface area contributed by atoms with Crippen molar-refractivity contribution in [3.8, 4) is 0 Å². The van der Waals surface area contributed by atoms with Gasteiger partial charge in [0.2, 0.25) is 0 Å². The SMILES string of the molecule is CCCCOC(=O)c1ccccc1NC(=O)c1ccccc1Cl. The molecule has 2 aromatic carbocycles. The van der Waals surface area contributed by atoms with Crippen LogP contribution in [0.1, 0.15) is 40.5 Å². The van der Waals surface area contributed by atoms with Gasteiger partial charge in [0.25, 0.3) is 5.91 Å². The first-order valence-corrected chi connectivity index (χ1v) is 7.83. The summed E-state index contributed by atoms with van der Waals surface area (Å²) in [6.07, 6.45) is 1.75. The fourth-order valence-corrected chi connectivity index (χ4v) is 2.21. The number of hydrogen-bond acceptors (Lipinski definition) is 3. The van der Waals surface area contributed by atoms with Gasteiger partial charge in [0, 0.05) is 0 Å². The number of benzene rings is 2. The van der Waals surface area contributed by atoms with Gasteiger partial charge in [-0.3, -0.25) is 4.79 Å². The quantitative estimate of drug-likeness (QED) is 0.624. The molecule has 0 heterocycles. The molecular weight excluding hydrogens is 314 g/mol. The third-order valence-electron chi connectivity index (χ3n) is 3.24. The molecule has 4 nitrogen and oxygen atoms in total. The highest BCUT2D eigenvalue weighted by Crippen LogP contribution is 2.20. The molecule has 0 atom stereocenters. The minimum absolute atomic E-state index is 0.323. The Bertz CT molecular complexity index is 700. The smallest absolute Gasteiger partial charge is 0.340 e. The second kappa shape index (κ2) is 8.34. The third kappa shape index (κ3) is 4.57. The third-order valence-corrected chi connectivity index (χ3v) is 3.57. The van der Waals surface area contributed by atoms with Crippen molar-refractivity contribution in [3.05, 3.63) is 64.7 Å². The summed E-state index contributed by atoms with van der Waals surface area (Å²) in [6.45, 7) is 2.38. The zero-order valence-corrected chi connectivity index (χ0v) is 13.6. The molecule has 2 aromatic rings. The number of ether oxygens (including phenoxy) is 1. The molecular formula is C18H18ClNO3. The standard InChI is InChI=1S/C18H18ClNO3/c1-2-3-12-23-18(22)14-9-5-7-11-16(14)20-17(21)13-8-4-6-10-15(13)19/h4-11H,2-3,12H2,1H3,(H,20,21). The molecule has 0 aliphatic heterocycles. The Morgan fingerprint density at radius 2 is 1.70 bits per heavy atom. The molecule has 0 aliphatic rings. The Labute approximate surface area is 140 Å². The van der Waals surface area contributed by atoms with Crippen LogP contribution in [-0.2, 0) is 4.74 Å². The number of nitrogens with one attached hydrogen (secondary N) is 1. The van der Waals surface area contributed by atoms with Crippen molar-refractivity contribution >= 4 is 29.2 Å². The Kier molecular flexibility index (Phi) is 6.18. The maximum absolute atomic E-state index is 12.3. The highest BCUT2D eigenvalue weighted by molar-refractivity contribution is 6.34. The molecule has 0 radical (unpaired) electrons. The van der Waals surface area contributed by atoms with E-state index in [1.54, 1.807) is 48.5 Å². The molecule has 5 heteroatoms. The summed E-state index contributed by atoms with van der Waals surface area (Å²) in [6, 6.07) is 13.5. The number of amides is 1. The molecule has 1 amide bonds. The van der Waals surface area contributed by atoms with E-state index < -0.39 is 5.97 Å². The van der Waals surface area contributed by atoms with E-state index in [9.17, 15) is 9.59 Å². The van der Waals surface area contributed by atoms with E-state index in [1.807, 2.05) is 6.92 Å². The first-order chi connectivity index (χ1) is 11.1. The maximum Gasteiger partial charge on any atom is 0.340 e. The zero-order valence-electron chi connectivity index (χ0n) is 12.8. The van der Waals surface area contributed by atoms with Crippen molar-refractivity contribution in [2.24, 2.45) is 0 Å². The summed E-state index contributed by atoms with van der Waals surface area (Å²) in [5.74, 6) is -0.821. The van der Waals surface area contributed by atoms with Crippen molar-refractivity contribution in [1.29, 1.82) is 0 Å². The van der Waals surface area contributed by atoms with E-state index in [4.69, 9.17) is 16.3 Å². The highest BCUT2D eigenvalue weighted by Gasteiger charge is 2.16. The van der Waals surface area contributed by atoms with E-state index in [0.717, 1.165) is 12.8 Å². The predicted molar refractivity (Wildman–Crippen MR) is 91.0 cm³/mol. The lowest BCUT2D eigenvalue weighted by Gasteiger charge is -2.11. The molecule has 0 aliphatic carbocycles. The molecule has 0 spiro atoms. The number of rotatable bonds is 6. The molecule has 2 rings (SSSR count). The van der Waals surface area contributed by atoms with Gasteiger partial charge in [0.1, 0.15) is 0 Å². The summed E-state index contributed by atoms with van der Waals surface area (Å²) >= 11 is 6.02. The van der Waals surface area contributed by atoms with Gasteiger partial charge in [-0.25, -0.2) is 4.79 Å². The van der Waals surface area contributed by atoms with E-state index >= 15 is 0 Å². The molecule has 120 valence electrons. The van der Waals surface area contributed by atoms with Gasteiger partial charge in [-0.05, 0) is 30.7 Å². The molecule has 23 heavy (non-hydrogen) atoms. The second-order valence-corrected chi connectivity index (χ2v) is 5.38. The van der Waals surface area contributed by atoms with Gasteiger partial charge < -0.3 is 10.1 Å². The monoisotopic (exact) mass is 331 g/mol. The van der Waals surface area contributed by atoms with Gasteiger partial charge in [0.05, 0.1) is 28.4 Å². The first-order valence-electron chi connectivity index (χ1n) is 7.45. The minimum Gasteiger partial charge on any atom is -0.462 e. The second-order valence-electron chi connectivity index (χ2n) is 4.97. The minimum atomic E-state index is -0.450. The van der Waals surface area contributed by atoms with Crippen LogP contribution in [0.2, 0.25) is 5.02 Å². The number of halogens is 1. The summed E-state index contributed by atoms with van der Waals surface area (Å²) in [7, 11) is 0. The molecule has 1 N–H and O–H groups in total. The highest BCUT2D eigenvalue weighted by atomic mass is 35.5. The van der Waals surface area contributed by atoms with Crippen LogP contribution in [-0.4, -0.2) is 18.5 Å². The Morgan fingerprint density at radius 3 is 2.39 bits per heavy atom. The van der Waals surface area contributed by atoms with Gasteiger partial charge in [-0.15, -0.1) is 0 Å². The van der Waals surface area contributed by atoms with Crippen LogP contribution in [0.5, 0.6) is 0 Å². The molecule has 0 unspecified atom stereocenters. The van der Waals surface area contributed by atoms with Crippen molar-refractivity contribution < 1.29 is 14.3 Å². The van der Waals surface area contributed by atoms with Crippen LogP contribution in [0.15, 0.2) is 48.5 Å². The van der Waals surface area contributed by atoms with E-state index in [2.05, 4.69) is 5.32 Å². The number of anilines is 1. The maximum atomic E-state index is 12.3. The molecule has 0 aromatic heterocycles. The van der Waals surface area contributed by atoms with Crippen LogP contribution < -0.4 is 5.32 Å². The normalized spacial score (nSPS) is 10.2. The average Bonchev–Trinajstić information content (AvgIpc) is 2.55. The molecule has 0 saturated carbocycles. The largest absolute Gasteiger partial charge is 0.462 e. The summed E-state index contributed by atoms with van der Waals surface area (Å²) in [4.78, 5) is 24.4. The lowest BCUT2D eigenvalue weighted by atomic mass is 10.1. The lowest BCUT2D eigenvalue weighted by Crippen LogP contribution is -2.16. The van der Waals surface area contributed by atoms with E-state index in [1.165, 1.54) is 0 Å². The van der Waals surface area contributed by atoms with Crippen LogP contribution in [0.4, 0.5) is 5.69 Å². The van der Waals surface area contributed by atoms with Gasteiger partial charge >= 0.3 is 5.97 Å². The fourth-order valence-electron chi connectivity index (χ4n) is 1.99. The molecule has 0 bridgehead atoms. The van der Waals surface area contributed by atoms with Crippen LogP contribution in [0.25, 0.3) is 0 Å². The van der Waals surface area contributed by atoms with Crippen LogP contribution in [0, 0.1) is 0 Å².